The minimum absolute atomic E-state index is 0.105. The lowest BCUT2D eigenvalue weighted by molar-refractivity contribution is 0.307. The highest BCUT2D eigenvalue weighted by atomic mass is 35.5. The molecule has 35 heavy (non-hydrogen) atoms. The van der Waals surface area contributed by atoms with E-state index in [0.717, 1.165) is 36.3 Å². The summed E-state index contributed by atoms with van der Waals surface area (Å²) in [5.74, 6) is 2.49. The van der Waals surface area contributed by atoms with Gasteiger partial charge in [-0.25, -0.2) is 0 Å². The number of benzene rings is 2. The van der Waals surface area contributed by atoms with Gasteiger partial charge in [0, 0.05) is 30.6 Å². The van der Waals surface area contributed by atoms with E-state index >= 15 is 0 Å². The summed E-state index contributed by atoms with van der Waals surface area (Å²) in [6.45, 7) is 4.82. The molecule has 8 heteroatoms. The van der Waals surface area contributed by atoms with Gasteiger partial charge >= 0.3 is 6.01 Å². The molecule has 1 aromatic heterocycles. The van der Waals surface area contributed by atoms with E-state index in [2.05, 4.69) is 34.7 Å². The minimum atomic E-state index is -0.349. The zero-order valence-electron chi connectivity index (χ0n) is 19.4. The zero-order chi connectivity index (χ0) is 24.1. The Balaban J connectivity index is 1.56. The molecule has 2 atom stereocenters. The van der Waals surface area contributed by atoms with Crippen LogP contribution in [0.4, 0.5) is 10.3 Å². The summed E-state index contributed by atoms with van der Waals surface area (Å²) in [5.41, 5.74) is 6.90. The summed E-state index contributed by atoms with van der Waals surface area (Å²) in [4.78, 5) is 10.7. The van der Waals surface area contributed by atoms with E-state index in [4.69, 9.17) is 16.3 Å². The first-order valence-electron chi connectivity index (χ1n) is 12.3. The summed E-state index contributed by atoms with van der Waals surface area (Å²) in [6.07, 6.45) is 6.85. The number of halogens is 2. The number of hydrogen-bond acceptors (Lipinski definition) is 6. The number of fused-ring (bicyclic) bond motifs is 4. The van der Waals surface area contributed by atoms with E-state index in [0.29, 0.717) is 52.9 Å². The number of aromatic hydroxyl groups is 1. The molecule has 0 aliphatic heterocycles. The third kappa shape index (κ3) is 4.10. The lowest BCUT2D eigenvalue weighted by Crippen LogP contribution is -2.31. The van der Waals surface area contributed by atoms with Gasteiger partial charge in [-0.1, -0.05) is 35.9 Å². The summed E-state index contributed by atoms with van der Waals surface area (Å²) in [6, 6.07) is 7.95. The number of nitrogens with zero attached hydrogens (tertiary/aromatic N) is 3. The Hall–Kier alpha value is -2.90. The van der Waals surface area contributed by atoms with E-state index < -0.39 is 0 Å². The molecule has 3 aliphatic carbocycles. The standard InChI is InChI=1S/C27H28ClFN4O2/c1-2-3-10-33(11-9-30-29)26-21-14-22(28)23(18-6-4-5-17-19-12-15(19)13-20(17)18)25(35-16-7-8-16)24(21)31-27(34)32-26/h2,4-6,14-16,19,30H,1,3,7-13H2,(H,31,32,34). The summed E-state index contributed by atoms with van der Waals surface area (Å²) in [7, 11) is 0. The number of ether oxygens (including phenoxy) is 1. The molecular weight excluding hydrogens is 467 g/mol. The first-order chi connectivity index (χ1) is 17.1. The van der Waals surface area contributed by atoms with Crippen LogP contribution in [0.1, 0.15) is 42.7 Å². The van der Waals surface area contributed by atoms with Crippen LogP contribution in [0.2, 0.25) is 5.02 Å². The van der Waals surface area contributed by atoms with Crippen molar-refractivity contribution in [3.8, 4) is 22.9 Å². The summed E-state index contributed by atoms with van der Waals surface area (Å²) >= 11 is 7.02. The van der Waals surface area contributed by atoms with Crippen molar-refractivity contribution in [2.24, 2.45) is 5.92 Å². The van der Waals surface area contributed by atoms with Crippen LogP contribution in [-0.4, -0.2) is 40.8 Å². The van der Waals surface area contributed by atoms with Crippen molar-refractivity contribution < 1.29 is 14.3 Å². The fraction of sp³-hybridized carbons (Fsp3) is 0.407. The average Bonchev–Trinajstić information content (AvgIpc) is 3.78. The lowest BCUT2D eigenvalue weighted by atomic mass is 9.93. The van der Waals surface area contributed by atoms with E-state index in [1.807, 2.05) is 11.0 Å². The van der Waals surface area contributed by atoms with Crippen molar-refractivity contribution in [2.75, 3.05) is 24.5 Å². The quantitative estimate of drug-likeness (QED) is 0.278. The maximum absolute atomic E-state index is 12.8. The maximum atomic E-state index is 12.8. The summed E-state index contributed by atoms with van der Waals surface area (Å²) < 4.78 is 19.3. The van der Waals surface area contributed by atoms with E-state index in [-0.39, 0.29) is 18.7 Å². The molecule has 0 bridgehead atoms. The molecular formula is C27H28ClFN4O2. The van der Waals surface area contributed by atoms with Crippen molar-refractivity contribution in [2.45, 2.75) is 44.1 Å². The Labute approximate surface area is 208 Å². The van der Waals surface area contributed by atoms with Crippen molar-refractivity contribution in [3.05, 3.63) is 53.1 Å². The fourth-order valence-electron chi connectivity index (χ4n) is 5.42. The van der Waals surface area contributed by atoms with E-state index in [9.17, 15) is 9.59 Å². The van der Waals surface area contributed by atoms with Gasteiger partial charge in [0.2, 0.25) is 0 Å². The van der Waals surface area contributed by atoms with Gasteiger partial charge in [-0.05, 0) is 66.7 Å². The van der Waals surface area contributed by atoms with Crippen LogP contribution in [0.5, 0.6) is 11.8 Å². The van der Waals surface area contributed by atoms with Gasteiger partial charge in [0.1, 0.15) is 11.3 Å². The fourth-order valence-corrected chi connectivity index (χ4v) is 5.71. The highest BCUT2D eigenvalue weighted by Gasteiger charge is 2.46. The number of nitrogens with one attached hydrogen (secondary N) is 1. The minimum Gasteiger partial charge on any atom is -0.487 e. The highest BCUT2D eigenvalue weighted by molar-refractivity contribution is 6.35. The molecule has 2 fully saturated rings. The first-order valence-corrected chi connectivity index (χ1v) is 12.7. The Morgan fingerprint density at radius 3 is 2.91 bits per heavy atom. The Morgan fingerprint density at radius 2 is 2.14 bits per heavy atom. The third-order valence-electron chi connectivity index (χ3n) is 7.32. The monoisotopic (exact) mass is 494 g/mol. The molecule has 3 aromatic rings. The van der Waals surface area contributed by atoms with Crippen LogP contribution in [0.25, 0.3) is 22.0 Å². The van der Waals surface area contributed by atoms with Gasteiger partial charge in [-0.2, -0.15) is 15.5 Å². The molecule has 0 saturated heterocycles. The van der Waals surface area contributed by atoms with E-state index in [1.165, 1.54) is 17.5 Å². The molecule has 1 heterocycles. The van der Waals surface area contributed by atoms with Gasteiger partial charge in [0.05, 0.1) is 11.1 Å². The largest absolute Gasteiger partial charge is 0.487 e. The molecule has 2 unspecified atom stereocenters. The second kappa shape index (κ2) is 8.95. The molecule has 6 rings (SSSR count). The zero-order valence-corrected chi connectivity index (χ0v) is 20.2. The molecule has 182 valence electrons. The van der Waals surface area contributed by atoms with Crippen molar-refractivity contribution in [3.63, 3.8) is 0 Å². The van der Waals surface area contributed by atoms with Crippen molar-refractivity contribution in [1.29, 1.82) is 0 Å². The van der Waals surface area contributed by atoms with Gasteiger partial charge in [-0.15, -0.1) is 11.1 Å². The van der Waals surface area contributed by atoms with Crippen LogP contribution in [-0.2, 0) is 6.42 Å². The van der Waals surface area contributed by atoms with Crippen LogP contribution in [0, 0.1) is 5.92 Å². The normalized spacial score (nSPS) is 19.9. The Morgan fingerprint density at radius 1 is 1.29 bits per heavy atom. The van der Waals surface area contributed by atoms with Crippen molar-refractivity contribution in [1.82, 2.24) is 15.5 Å². The molecule has 0 radical (unpaired) electrons. The van der Waals surface area contributed by atoms with Gasteiger partial charge in [0.15, 0.2) is 5.75 Å². The summed E-state index contributed by atoms with van der Waals surface area (Å²) in [5, 5.41) is 11.8. The van der Waals surface area contributed by atoms with Gasteiger partial charge in [-0.3, -0.25) is 0 Å². The second-order valence-electron chi connectivity index (χ2n) is 9.75. The Bertz CT molecular complexity index is 1310. The molecule has 2 aromatic carbocycles. The molecule has 0 spiro atoms. The number of anilines is 1. The third-order valence-corrected chi connectivity index (χ3v) is 7.62. The van der Waals surface area contributed by atoms with Crippen LogP contribution in [0.15, 0.2) is 36.9 Å². The van der Waals surface area contributed by atoms with Crippen LogP contribution >= 0.6 is 11.6 Å². The SMILES string of the molecule is C=CCCN(CCNF)c1nc(O)nc2c(OC3CC3)c(-c3cccc4c3CC3CC43)c(Cl)cc12. The number of hydrogen-bond donors (Lipinski definition) is 2. The maximum Gasteiger partial charge on any atom is 0.316 e. The van der Waals surface area contributed by atoms with E-state index in [1.54, 1.807) is 11.6 Å². The van der Waals surface area contributed by atoms with Crippen LogP contribution in [0.3, 0.4) is 0 Å². The second-order valence-corrected chi connectivity index (χ2v) is 10.2. The number of rotatable bonds is 10. The Kier molecular flexibility index (Phi) is 5.77. The van der Waals surface area contributed by atoms with Crippen molar-refractivity contribution >= 4 is 28.3 Å². The molecule has 3 aliphatic rings. The highest BCUT2D eigenvalue weighted by Crippen LogP contribution is 2.59. The predicted molar refractivity (Wildman–Crippen MR) is 136 cm³/mol. The smallest absolute Gasteiger partial charge is 0.316 e. The molecule has 2 saturated carbocycles. The number of aromatic nitrogens is 2. The van der Waals surface area contributed by atoms with Gasteiger partial charge < -0.3 is 14.7 Å². The molecule has 0 amide bonds. The lowest BCUT2D eigenvalue weighted by Gasteiger charge is -2.25. The molecule has 2 N–H and O–H groups in total. The predicted octanol–water partition coefficient (Wildman–Crippen LogP) is 5.71. The molecule has 6 nitrogen and oxygen atoms in total. The first kappa shape index (κ1) is 22.6. The van der Waals surface area contributed by atoms with Gasteiger partial charge in [0.25, 0.3) is 0 Å². The topological polar surface area (TPSA) is 70.5 Å². The van der Waals surface area contributed by atoms with Crippen LogP contribution < -0.4 is 15.2 Å². The average molecular weight is 495 g/mol.